The summed E-state index contributed by atoms with van der Waals surface area (Å²) >= 11 is 3.04. The molecule has 130 heavy (non-hydrogen) atoms. The molecule has 0 radical (unpaired) electrons. The molecule has 674 valence electrons. The van der Waals surface area contributed by atoms with E-state index in [0.29, 0.717) is 133 Å². The molecule has 11 N–H and O–H groups in total. The molecule has 13 rings (SSSR count). The average molecular weight is 1790 g/mol. The van der Waals surface area contributed by atoms with Gasteiger partial charge in [0.15, 0.2) is 22.3 Å². The molecule has 13 aromatic rings. The Hall–Kier alpha value is -14.8. The van der Waals surface area contributed by atoms with Gasteiger partial charge in [-0.1, -0.05) is 198 Å². The number of nitrogens with zero attached hydrogens (tertiary/aromatic N) is 2. The highest BCUT2D eigenvalue weighted by Gasteiger charge is 2.17. The van der Waals surface area contributed by atoms with E-state index in [4.69, 9.17) is 65.3 Å². The average Bonchev–Trinajstić information content (AvgIpc) is 1.28. The zero-order valence-corrected chi connectivity index (χ0v) is 74.7. The number of aromatic hydroxyl groups is 1. The van der Waals surface area contributed by atoms with Gasteiger partial charge in [0, 0.05) is 42.1 Å². The van der Waals surface area contributed by atoms with Gasteiger partial charge >= 0.3 is 29.8 Å². The molecule has 26 heteroatoms. The number of hydrogen-bond donors (Lipinski definition) is 7. The van der Waals surface area contributed by atoms with Gasteiger partial charge in [0.05, 0.1) is 82.3 Å². The van der Waals surface area contributed by atoms with Crippen LogP contribution in [0.3, 0.4) is 0 Å². The highest BCUT2D eigenvalue weighted by atomic mass is 32.1. The number of thiazole rings is 2. The smallest absolute Gasteiger partial charge is 0.343 e. The second-order valence-corrected chi connectivity index (χ2v) is 30.6. The van der Waals surface area contributed by atoms with Crippen molar-refractivity contribution in [1.82, 2.24) is 16.1 Å². The molecular formula is C104H109N7O17S2. The van der Waals surface area contributed by atoms with Gasteiger partial charge in [-0.2, -0.15) is 0 Å². The normalized spacial score (nSPS) is 10.2. The zero-order valence-electron chi connectivity index (χ0n) is 73.1. The molecular weight excluding hydrogens is 1680 g/mol. The maximum atomic E-state index is 12.7. The van der Waals surface area contributed by atoms with Gasteiger partial charge in [-0.05, 0) is 235 Å². The van der Waals surface area contributed by atoms with E-state index in [1.165, 1.54) is 70.0 Å². The number of aromatic carboxylic acids is 1. The first-order valence-corrected chi connectivity index (χ1v) is 43.6. The summed E-state index contributed by atoms with van der Waals surface area (Å²) in [6, 6.07) is 76.3. The minimum Gasteiger partial charge on any atom is -0.507 e. The fourth-order valence-electron chi connectivity index (χ4n) is 12.2. The Morgan fingerprint density at radius 1 is 0.415 bits per heavy atom. The molecule has 2 heterocycles. The largest absolute Gasteiger partial charge is 0.507 e. The minimum atomic E-state index is -0.962. The number of carbonyl (C=O) groups is 7. The monoisotopic (exact) mass is 1790 g/mol. The third-order valence-electron chi connectivity index (χ3n) is 18.9. The van der Waals surface area contributed by atoms with Gasteiger partial charge in [-0.15, -0.1) is 0 Å². The molecule has 0 bridgehead atoms. The number of aldehydes is 1. The summed E-state index contributed by atoms with van der Waals surface area (Å²) in [6.07, 6.45) is 16.5. The van der Waals surface area contributed by atoms with Crippen molar-refractivity contribution in [2.75, 3.05) is 57.7 Å². The quantitative estimate of drug-likeness (QED) is 0.00470. The minimum absolute atomic E-state index is 0. The van der Waals surface area contributed by atoms with Crippen LogP contribution in [0.15, 0.2) is 287 Å². The summed E-state index contributed by atoms with van der Waals surface area (Å²) < 4.78 is 45.0. The van der Waals surface area contributed by atoms with Crippen LogP contribution in [0.5, 0.6) is 34.5 Å². The number of phenolic OH excluding ortho intramolecular Hbond substituents is 1. The highest BCUT2D eigenvalue weighted by molar-refractivity contribution is 7.22. The van der Waals surface area contributed by atoms with E-state index in [0.717, 1.165) is 111 Å². The van der Waals surface area contributed by atoms with Crippen LogP contribution in [0.4, 0.5) is 10.3 Å². The Morgan fingerprint density at radius 3 is 1.14 bits per heavy atom. The third-order valence-corrected chi connectivity index (χ3v) is 20.6. The number of para-hydroxylation sites is 2. The molecule has 24 nitrogen and oxygen atoms in total. The molecule has 0 aliphatic heterocycles. The number of phenols is 1. The van der Waals surface area contributed by atoms with E-state index in [1.807, 2.05) is 91.0 Å². The Bertz CT molecular complexity index is 5490. The van der Waals surface area contributed by atoms with Crippen LogP contribution in [0.2, 0.25) is 0 Å². The van der Waals surface area contributed by atoms with Gasteiger partial charge in [0.2, 0.25) is 0 Å². The number of nitrogens with two attached hydrogens (primary N) is 2. The molecule has 11 aromatic carbocycles. The fraction of sp³-hybridized carbons (Fsp3) is 0.202. The van der Waals surface area contributed by atoms with E-state index in [2.05, 4.69) is 111 Å². The second kappa shape index (κ2) is 56.3. The number of ketones is 1. The molecule has 0 saturated heterocycles. The lowest BCUT2D eigenvalue weighted by Crippen LogP contribution is -2.10. The number of carboxylic acid groups (broad SMARTS) is 1. The summed E-state index contributed by atoms with van der Waals surface area (Å²) in [7, 11) is 0. The number of aryl methyl sites for hydroxylation is 3. The molecule has 0 atom stereocenters. The van der Waals surface area contributed by atoms with Crippen molar-refractivity contribution in [3.63, 3.8) is 0 Å². The first-order valence-electron chi connectivity index (χ1n) is 41.9. The van der Waals surface area contributed by atoms with Gasteiger partial charge in [-0.3, -0.25) is 9.59 Å². The Kier molecular flexibility index (Phi) is 44.3. The summed E-state index contributed by atoms with van der Waals surface area (Å²) in [6.45, 7) is 18.9. The summed E-state index contributed by atoms with van der Waals surface area (Å²) in [5.41, 5.74) is 25.2. The number of anilines is 2. The number of aromatic nitrogens is 2. The molecule has 0 unspecified atom stereocenters. The molecule has 0 spiro atoms. The SMILES string of the molecule is C=CC(=O)COCCCOc1ccc(C(=O)Oc2ccc(-c3ccc(CCC)cc3)cc2C=N)cc1.C=CC(=O)OCCCCOc1ccc(C(=O)O)cc1.C=CC(=O)OCCCCOc1ccc(C(=O)Oc2ccc(-c3ccc(CCC)cc3)cc2C=O)cc1.CCCc1ccc(-c2ccc(O)c(C=N)c2)cc1.N.Nc1nc2ccccc2s1.Nc1nc2ccccc2s1. The van der Waals surface area contributed by atoms with Gasteiger partial charge < -0.3 is 76.5 Å². The van der Waals surface area contributed by atoms with E-state index >= 15 is 0 Å². The molecule has 0 aliphatic carbocycles. The van der Waals surface area contributed by atoms with E-state index in [-0.39, 0.29) is 35.6 Å². The molecule has 0 amide bonds. The molecule has 0 saturated carbocycles. The number of benzene rings is 11. The lowest BCUT2D eigenvalue weighted by atomic mass is 10.0. The van der Waals surface area contributed by atoms with Crippen molar-refractivity contribution >= 4 is 108 Å². The van der Waals surface area contributed by atoms with Gasteiger partial charge in [0.1, 0.15) is 41.1 Å². The lowest BCUT2D eigenvalue weighted by molar-refractivity contribution is -0.138. The summed E-state index contributed by atoms with van der Waals surface area (Å²) in [5, 5.41) is 34.6. The van der Waals surface area contributed by atoms with Crippen LogP contribution in [0.25, 0.3) is 53.8 Å². The van der Waals surface area contributed by atoms with Crippen LogP contribution in [0.1, 0.15) is 141 Å². The maximum Gasteiger partial charge on any atom is 0.343 e. The first-order chi connectivity index (χ1) is 62.7. The van der Waals surface area contributed by atoms with Crippen molar-refractivity contribution in [3.8, 4) is 67.9 Å². The number of esters is 4. The van der Waals surface area contributed by atoms with Crippen molar-refractivity contribution in [2.24, 2.45) is 0 Å². The van der Waals surface area contributed by atoms with Crippen molar-refractivity contribution in [3.05, 3.63) is 337 Å². The molecule has 0 fully saturated rings. The fourth-order valence-corrected chi connectivity index (χ4v) is 13.6. The molecule has 0 aliphatic rings. The van der Waals surface area contributed by atoms with Crippen LogP contribution >= 0.6 is 22.7 Å². The maximum absolute atomic E-state index is 12.7. The number of carboxylic acids is 1. The number of unbranched alkanes of at least 4 members (excludes halogenated alkanes) is 2. The Balaban J connectivity index is 0.000000227. The second-order valence-electron chi connectivity index (χ2n) is 28.5. The third kappa shape index (κ3) is 34.8. The zero-order chi connectivity index (χ0) is 92.5. The summed E-state index contributed by atoms with van der Waals surface area (Å²) in [5.74, 6) is -0.529. The van der Waals surface area contributed by atoms with Crippen LogP contribution in [0, 0.1) is 10.8 Å². The Morgan fingerprint density at radius 2 is 0.769 bits per heavy atom. The predicted molar refractivity (Wildman–Crippen MR) is 518 cm³/mol. The van der Waals surface area contributed by atoms with Crippen LogP contribution < -0.4 is 41.3 Å². The number of nitrogens with one attached hydrogen (secondary N) is 2. The van der Waals surface area contributed by atoms with Gasteiger partial charge in [0.25, 0.3) is 0 Å². The van der Waals surface area contributed by atoms with Crippen molar-refractivity contribution in [1.29, 1.82) is 10.8 Å². The predicted octanol–water partition coefficient (Wildman–Crippen LogP) is 22.5. The Labute approximate surface area is 765 Å². The number of nitrogen functional groups attached to an aromatic ring is 2. The number of fused-ring (bicyclic) bond motifs is 2. The van der Waals surface area contributed by atoms with Crippen molar-refractivity contribution in [2.45, 2.75) is 91.4 Å². The number of ether oxygens (including phenoxy) is 8. The molecule has 2 aromatic heterocycles. The van der Waals surface area contributed by atoms with Crippen LogP contribution in [-0.4, -0.2) is 121 Å². The highest BCUT2D eigenvalue weighted by Crippen LogP contribution is 2.32. The number of hydrogen-bond acceptors (Lipinski definition) is 25. The van der Waals surface area contributed by atoms with Gasteiger partial charge in [-0.25, -0.2) is 33.9 Å². The van der Waals surface area contributed by atoms with Crippen molar-refractivity contribution < 1.29 is 81.7 Å². The van der Waals surface area contributed by atoms with E-state index in [9.17, 15) is 38.7 Å². The van der Waals surface area contributed by atoms with Crippen LogP contribution in [-0.2, 0) is 47.9 Å². The lowest BCUT2D eigenvalue weighted by Gasteiger charge is -2.11. The standard InChI is InChI=1S/C30H31NO5.C30H30O6.C16H17NO.C14H16O5.2C7H6N2S.H3N/c1-3-6-22-7-9-23(10-8-22)25-13-16-29(26(19-25)20-31)36-30(33)24-11-14-28(15-12-24)35-18-5-17-34-21-27(32)4-2;1-3-7-22-8-10-23(11-9-22)25-14-17-28(26(20-25)21-31)36-30(33)24-12-15-27(16-13-24)34-18-5-6-19-35-29(32)4-2;1-2-3-12-4-6-13(7-5-12)14-8-9-16(18)15(10-14)11-17;1-2-13(15)19-10-4-3-9-18-12-7-5-11(6-8-12)14(16)17;2*8-7-9-5-3-1-2-4-6(5)10-7;/h4,7-16,19-20,31H,2-3,5-6,17-18,21H2,1H3;4,8-17,20-21H,2-3,5-7,18-19H2,1H3;4-11,17-18H,2-3H2,1H3;2,5-8H,1,3-4,9-10H2,(H,16,17);2*1-4H,(H2,8,9);1H3. The first kappa shape index (κ1) is 102. The number of rotatable bonds is 39. The van der Waals surface area contributed by atoms with E-state index < -0.39 is 29.8 Å². The topological polar surface area (TPSA) is 394 Å². The van der Waals surface area contributed by atoms with E-state index in [1.54, 1.807) is 84.9 Å². The summed E-state index contributed by atoms with van der Waals surface area (Å²) in [4.78, 5) is 88.6. The number of carbonyl (C=O) groups excluding carboxylic acids is 6.